The van der Waals surface area contributed by atoms with Crippen LogP contribution in [0.3, 0.4) is 0 Å². The summed E-state index contributed by atoms with van der Waals surface area (Å²) in [6.45, 7) is 9.03. The number of hydrogen-bond acceptors (Lipinski definition) is 0. The van der Waals surface area contributed by atoms with Gasteiger partial charge in [-0.3, -0.25) is 0 Å². The van der Waals surface area contributed by atoms with Crippen LogP contribution in [0, 0.1) is 6.07 Å². The minimum Gasteiger partial charge on any atom is -0.184 e. The van der Waals surface area contributed by atoms with E-state index in [1.165, 1.54) is 123 Å². The van der Waals surface area contributed by atoms with Gasteiger partial charge in [-0.2, -0.15) is 29.5 Å². The van der Waals surface area contributed by atoms with Crippen LogP contribution in [0.25, 0.3) is 77.2 Å². The largest absolute Gasteiger partial charge is 0.184 e. The molecule has 1 aliphatic rings. The molecular formula is C64H57Cl2SiZr-3. The SMILES string of the molecule is CCCc1ccc2[cH-]c(-c3ccccc3)cc2c1-c1ccccc1CC.CCCc1ccc2[cH-]c(-c3ccccc3)cc2c1-c1ccccc1CC.[Cl][Zr][Cl].[c-]1cccc2c1[Si]c1ccccc1-2. The molecule has 1 aliphatic heterocycles. The van der Waals surface area contributed by atoms with Crippen LogP contribution in [0.15, 0.2) is 200 Å². The quantitative estimate of drug-likeness (QED) is 0.0946. The van der Waals surface area contributed by atoms with Crippen LogP contribution in [0.5, 0.6) is 0 Å². The van der Waals surface area contributed by atoms with Crippen molar-refractivity contribution >= 4 is 58.5 Å². The molecule has 338 valence electrons. The summed E-state index contributed by atoms with van der Waals surface area (Å²) >= 11 is -0.826. The Hall–Kier alpha value is -5.34. The Morgan fingerprint density at radius 3 is 1.35 bits per heavy atom. The van der Waals surface area contributed by atoms with E-state index in [-0.39, 0.29) is 0 Å². The van der Waals surface area contributed by atoms with Gasteiger partial charge < -0.3 is 0 Å². The molecule has 0 atom stereocenters. The molecule has 0 unspecified atom stereocenters. The number of fused-ring (bicyclic) bond motifs is 5. The van der Waals surface area contributed by atoms with Crippen LogP contribution in [0.1, 0.15) is 62.8 Å². The van der Waals surface area contributed by atoms with Crippen molar-refractivity contribution in [2.45, 2.75) is 66.2 Å². The Labute approximate surface area is 426 Å². The van der Waals surface area contributed by atoms with Gasteiger partial charge in [0, 0.05) is 0 Å². The summed E-state index contributed by atoms with van der Waals surface area (Å²) in [5.74, 6) is 0. The first-order valence-corrected chi connectivity index (χ1v) is 31.4. The third-order valence-electron chi connectivity index (χ3n) is 12.9. The Morgan fingerprint density at radius 1 is 0.456 bits per heavy atom. The van der Waals surface area contributed by atoms with Crippen molar-refractivity contribution in [2.75, 3.05) is 0 Å². The molecule has 2 radical (unpaired) electrons. The van der Waals surface area contributed by atoms with Gasteiger partial charge in [-0.15, -0.1) is 74.6 Å². The van der Waals surface area contributed by atoms with Gasteiger partial charge in [0.2, 0.25) is 0 Å². The first-order chi connectivity index (χ1) is 33.5. The van der Waals surface area contributed by atoms with Crippen LogP contribution >= 0.6 is 17.0 Å². The molecule has 68 heavy (non-hydrogen) atoms. The van der Waals surface area contributed by atoms with E-state index in [0.29, 0.717) is 0 Å². The van der Waals surface area contributed by atoms with Crippen molar-refractivity contribution in [1.82, 2.24) is 0 Å². The summed E-state index contributed by atoms with van der Waals surface area (Å²) in [7, 11) is 10.7. The molecule has 10 aromatic rings. The molecule has 0 N–H and O–H groups in total. The molecule has 0 amide bonds. The standard InChI is InChI=1S/2C26H25.C12H7Si.2ClH.Zr/c2*1-3-10-21-15-16-22-17-23(20-12-6-5-7-13-20)18-25(22)26(21)24-14-9-8-11-19(24)4-2;1-3-7-11-9(5-1)10-6-2-4-8-12(10)13-11;;;/h2*5-9,11-18H,3-4,10H2,1-2H3;1-7H;2*1H;/q3*-1;;;+2/p-2. The van der Waals surface area contributed by atoms with Crippen LogP contribution in [0.2, 0.25) is 0 Å². The van der Waals surface area contributed by atoms with Crippen molar-refractivity contribution < 1.29 is 20.8 Å². The van der Waals surface area contributed by atoms with Crippen molar-refractivity contribution in [1.29, 1.82) is 0 Å². The molecule has 11 rings (SSSR count). The van der Waals surface area contributed by atoms with E-state index in [0.717, 1.165) is 35.2 Å². The molecule has 4 heteroatoms. The zero-order valence-corrected chi connectivity index (χ0v) is 44.5. The van der Waals surface area contributed by atoms with E-state index in [4.69, 9.17) is 17.0 Å². The third kappa shape index (κ3) is 11.2. The number of halogens is 2. The van der Waals surface area contributed by atoms with E-state index in [2.05, 4.69) is 228 Å². The van der Waals surface area contributed by atoms with Crippen molar-refractivity contribution in [3.63, 3.8) is 0 Å². The molecule has 0 saturated carbocycles. The molecule has 10 aromatic carbocycles. The van der Waals surface area contributed by atoms with Crippen LogP contribution in [-0.2, 0) is 46.5 Å². The summed E-state index contributed by atoms with van der Waals surface area (Å²) in [6, 6.07) is 76.0. The third-order valence-corrected chi connectivity index (χ3v) is 14.2. The maximum atomic E-state index is 4.93. The Kier molecular flexibility index (Phi) is 17.5. The van der Waals surface area contributed by atoms with E-state index in [9.17, 15) is 0 Å². The van der Waals surface area contributed by atoms with E-state index in [1.54, 1.807) is 0 Å². The second kappa shape index (κ2) is 24.3. The maximum Gasteiger partial charge on any atom is 0.0920 e. The Bertz CT molecular complexity index is 2980. The van der Waals surface area contributed by atoms with E-state index < -0.39 is 20.8 Å². The van der Waals surface area contributed by atoms with Gasteiger partial charge in [-0.25, -0.2) is 0 Å². The molecule has 0 saturated heterocycles. The van der Waals surface area contributed by atoms with Crippen LogP contribution in [-0.4, -0.2) is 9.52 Å². The van der Waals surface area contributed by atoms with Gasteiger partial charge in [0.15, 0.2) is 0 Å². The molecular weight excluding hydrogens is 959 g/mol. The first kappa shape index (κ1) is 49.1. The summed E-state index contributed by atoms with van der Waals surface area (Å²) in [5.41, 5.74) is 19.4. The molecule has 0 aliphatic carbocycles. The molecule has 0 nitrogen and oxygen atoms in total. The Balaban J connectivity index is 0.000000140. The summed E-state index contributed by atoms with van der Waals surface area (Å²) < 4.78 is 0. The number of hydrogen-bond donors (Lipinski definition) is 0. The van der Waals surface area contributed by atoms with Crippen molar-refractivity contribution in [2.24, 2.45) is 0 Å². The number of benzene rings is 8. The second-order valence-corrected chi connectivity index (χ2v) is 22.2. The van der Waals surface area contributed by atoms with Crippen molar-refractivity contribution in [3.8, 4) is 55.6 Å². The van der Waals surface area contributed by atoms with Gasteiger partial charge in [-0.1, -0.05) is 219 Å². The smallest absolute Gasteiger partial charge is 0.0920 e. The minimum absolute atomic E-state index is 0.795. The fourth-order valence-electron chi connectivity index (χ4n) is 9.71. The van der Waals surface area contributed by atoms with Gasteiger partial charge in [0.05, 0.1) is 9.52 Å². The van der Waals surface area contributed by atoms with Gasteiger partial charge >= 0.3 is 37.9 Å². The predicted octanol–water partition coefficient (Wildman–Crippen LogP) is 17.3. The summed E-state index contributed by atoms with van der Waals surface area (Å²) in [6.07, 6.45) is 6.69. The van der Waals surface area contributed by atoms with Crippen molar-refractivity contribution in [3.05, 3.63) is 229 Å². The monoisotopic (exact) mass is 1010 g/mol. The minimum atomic E-state index is -0.826. The van der Waals surface area contributed by atoms with Gasteiger partial charge in [0.25, 0.3) is 0 Å². The number of aryl methyl sites for hydroxylation is 4. The van der Waals surface area contributed by atoms with Gasteiger partial charge in [0.1, 0.15) is 0 Å². The second-order valence-electron chi connectivity index (χ2n) is 17.1. The average Bonchev–Trinajstić information content (AvgIpc) is 4.14. The zero-order valence-electron chi connectivity index (χ0n) is 39.6. The molecule has 1 heterocycles. The maximum absolute atomic E-state index is 4.93. The zero-order chi connectivity index (χ0) is 47.2. The summed E-state index contributed by atoms with van der Waals surface area (Å²) in [5, 5.41) is 8.27. The van der Waals surface area contributed by atoms with Crippen LogP contribution in [0.4, 0.5) is 0 Å². The topological polar surface area (TPSA) is 0 Å². The van der Waals surface area contributed by atoms with E-state index >= 15 is 0 Å². The summed E-state index contributed by atoms with van der Waals surface area (Å²) in [4.78, 5) is 0. The molecule has 0 aromatic heterocycles. The molecule has 0 spiro atoms. The fraction of sp³-hybridized carbons (Fsp3) is 0.156. The number of rotatable bonds is 10. The average molecular weight is 1020 g/mol. The first-order valence-electron chi connectivity index (χ1n) is 24.0. The normalized spacial score (nSPS) is 11.1. The molecule has 0 bridgehead atoms. The fourth-order valence-corrected chi connectivity index (χ4v) is 11.0. The molecule has 0 fully saturated rings. The predicted molar refractivity (Wildman–Crippen MR) is 295 cm³/mol. The van der Waals surface area contributed by atoms with E-state index in [1.807, 2.05) is 6.07 Å². The van der Waals surface area contributed by atoms with Gasteiger partial charge in [-0.05, 0) is 59.1 Å². The van der Waals surface area contributed by atoms with Crippen LogP contribution < -0.4 is 10.4 Å². The Morgan fingerprint density at radius 2 is 0.882 bits per heavy atom.